The van der Waals surface area contributed by atoms with Gasteiger partial charge < -0.3 is 0 Å². The third-order valence-corrected chi connectivity index (χ3v) is 5.88. The van der Waals surface area contributed by atoms with Gasteiger partial charge in [0.15, 0.2) is 0 Å². The van der Waals surface area contributed by atoms with Gasteiger partial charge >= 0.3 is 0 Å². The molecule has 0 bridgehead atoms. The molecule has 0 amide bonds. The van der Waals surface area contributed by atoms with Crippen LogP contribution in [-0.4, -0.2) is 14.1 Å². The average Bonchev–Trinajstić information content (AvgIpc) is 1.82. The third-order valence-electron chi connectivity index (χ3n) is 1.96. The highest BCUT2D eigenvalue weighted by Crippen LogP contribution is 2.11. The molecule has 2 heteroatoms. The largest absolute Gasteiger partial charge is 0.261 e. The molecular weight excluding hydrogens is 159 g/mol. The van der Waals surface area contributed by atoms with Gasteiger partial charge in [0.2, 0.25) is 0 Å². The highest BCUT2D eigenvalue weighted by Gasteiger charge is 2.12. The van der Waals surface area contributed by atoms with Crippen molar-refractivity contribution in [3.05, 3.63) is 0 Å². The molecule has 0 saturated heterocycles. The van der Waals surface area contributed by atoms with Crippen molar-refractivity contribution in [3.8, 4) is 0 Å². The third kappa shape index (κ3) is 6.94. The van der Waals surface area contributed by atoms with E-state index in [2.05, 4.69) is 27.7 Å². The predicted molar refractivity (Wildman–Crippen MR) is 53.6 cm³/mol. The van der Waals surface area contributed by atoms with Gasteiger partial charge in [-0.1, -0.05) is 49.5 Å². The fraction of sp³-hybridized carbons (Fsp3) is 1.00. The number of hydrogen-bond donors (Lipinski definition) is 0. The lowest BCUT2D eigenvalue weighted by molar-refractivity contribution is 0.722. The van der Waals surface area contributed by atoms with E-state index in [1.165, 1.54) is 10.6 Å². The molecule has 0 aromatic rings. The molecular formula is C8H20AlCl. The van der Waals surface area contributed by atoms with Crippen LogP contribution in [0.15, 0.2) is 0 Å². The van der Waals surface area contributed by atoms with E-state index in [0.717, 1.165) is 5.92 Å². The first-order valence-corrected chi connectivity index (χ1v) is 6.65. The Bertz CT molecular complexity index is 60.3. The molecule has 10 heavy (non-hydrogen) atoms. The second-order valence-corrected chi connectivity index (χ2v) is 7.15. The fourth-order valence-corrected chi connectivity index (χ4v) is 3.87. The molecule has 0 unspecified atom stereocenters. The zero-order chi connectivity index (χ0) is 7.28. The lowest BCUT2D eigenvalue weighted by Crippen LogP contribution is -2.11. The Morgan fingerprint density at radius 1 is 1.10 bits per heavy atom. The Balaban J connectivity index is 0. The molecule has 0 aromatic carbocycles. The SMILES string of the molecule is C[CH2][Al]([CH2]C)[CH2]C(C)C.Cl. The molecule has 0 aromatic heterocycles. The number of hydrogen-bond acceptors (Lipinski definition) is 0. The molecule has 0 aliphatic heterocycles. The van der Waals surface area contributed by atoms with Crippen LogP contribution in [0.4, 0.5) is 0 Å². The lowest BCUT2D eigenvalue weighted by atomic mass is 10.3. The second kappa shape index (κ2) is 7.92. The Hall–Kier alpha value is 0.822. The summed E-state index contributed by atoms with van der Waals surface area (Å²) in [5.74, 6) is 0.946. The van der Waals surface area contributed by atoms with E-state index >= 15 is 0 Å². The Labute approximate surface area is 76.2 Å². The molecule has 0 saturated carbocycles. The van der Waals surface area contributed by atoms with Gasteiger partial charge in [-0.25, -0.2) is 0 Å². The van der Waals surface area contributed by atoms with Crippen LogP contribution in [0.2, 0.25) is 15.8 Å². The molecule has 0 spiro atoms. The molecule has 0 radical (unpaired) electrons. The van der Waals surface area contributed by atoms with Gasteiger partial charge in [-0.05, 0) is 0 Å². The van der Waals surface area contributed by atoms with Crippen molar-refractivity contribution in [2.45, 2.75) is 43.5 Å². The summed E-state index contributed by atoms with van der Waals surface area (Å²) in [7, 11) is 0. The first-order valence-electron chi connectivity index (χ1n) is 4.20. The first kappa shape index (κ1) is 13.4. The monoisotopic (exact) mass is 178 g/mol. The van der Waals surface area contributed by atoms with Gasteiger partial charge in [-0.2, -0.15) is 0 Å². The van der Waals surface area contributed by atoms with Crippen LogP contribution in [-0.2, 0) is 0 Å². The minimum absolute atomic E-state index is 0. The quantitative estimate of drug-likeness (QED) is 0.578. The van der Waals surface area contributed by atoms with E-state index in [0.29, 0.717) is 0 Å². The summed E-state index contributed by atoms with van der Waals surface area (Å²) < 4.78 is 0. The summed E-state index contributed by atoms with van der Waals surface area (Å²) in [6.07, 6.45) is 0. The molecule has 0 fully saturated rings. The van der Waals surface area contributed by atoms with Crippen LogP contribution in [0.1, 0.15) is 27.7 Å². The van der Waals surface area contributed by atoms with Gasteiger partial charge in [0.25, 0.3) is 14.1 Å². The summed E-state index contributed by atoms with van der Waals surface area (Å²) in [6, 6.07) is 0. The molecule has 0 atom stereocenters. The van der Waals surface area contributed by atoms with Crippen molar-refractivity contribution in [3.63, 3.8) is 0 Å². The van der Waals surface area contributed by atoms with Crippen molar-refractivity contribution >= 4 is 26.6 Å². The van der Waals surface area contributed by atoms with Crippen LogP contribution in [0.5, 0.6) is 0 Å². The van der Waals surface area contributed by atoms with Crippen molar-refractivity contribution < 1.29 is 0 Å². The summed E-state index contributed by atoms with van der Waals surface area (Å²) in [5, 5.41) is 4.54. The minimum atomic E-state index is -0.250. The summed E-state index contributed by atoms with van der Waals surface area (Å²) in [5.41, 5.74) is 0. The van der Waals surface area contributed by atoms with Gasteiger partial charge in [-0.15, -0.1) is 12.4 Å². The summed E-state index contributed by atoms with van der Waals surface area (Å²) in [4.78, 5) is 0. The van der Waals surface area contributed by atoms with Gasteiger partial charge in [-0.3, -0.25) is 0 Å². The molecule has 0 N–H and O–H groups in total. The van der Waals surface area contributed by atoms with Crippen molar-refractivity contribution in [2.75, 3.05) is 0 Å². The van der Waals surface area contributed by atoms with Gasteiger partial charge in [0.1, 0.15) is 0 Å². The molecule has 0 heterocycles. The minimum Gasteiger partial charge on any atom is -0.147 e. The van der Waals surface area contributed by atoms with Crippen molar-refractivity contribution in [2.24, 2.45) is 5.92 Å². The maximum absolute atomic E-state index is 2.35. The first-order chi connectivity index (χ1) is 4.20. The van der Waals surface area contributed by atoms with Gasteiger partial charge in [0, 0.05) is 0 Å². The zero-order valence-electron chi connectivity index (χ0n) is 7.68. The Morgan fingerprint density at radius 3 is 1.60 bits per heavy atom. The average molecular weight is 179 g/mol. The Kier molecular flexibility index (Phi) is 10.6. The normalized spacial score (nSPS) is 9.30. The van der Waals surface area contributed by atoms with E-state index < -0.39 is 0 Å². The highest BCUT2D eigenvalue weighted by atomic mass is 35.5. The topological polar surface area (TPSA) is 0 Å². The number of halogens is 1. The van der Waals surface area contributed by atoms with Crippen molar-refractivity contribution in [1.29, 1.82) is 0 Å². The predicted octanol–water partition coefficient (Wildman–Crippen LogP) is 3.60. The van der Waals surface area contributed by atoms with E-state index in [1.54, 1.807) is 5.28 Å². The number of rotatable bonds is 4. The van der Waals surface area contributed by atoms with E-state index in [4.69, 9.17) is 0 Å². The van der Waals surface area contributed by atoms with Crippen LogP contribution >= 0.6 is 12.4 Å². The van der Waals surface area contributed by atoms with Crippen LogP contribution in [0, 0.1) is 5.92 Å². The molecule has 62 valence electrons. The molecule has 0 aliphatic carbocycles. The maximum Gasteiger partial charge on any atom is 0.261 e. The van der Waals surface area contributed by atoms with Gasteiger partial charge in [0.05, 0.1) is 0 Å². The molecule has 0 rings (SSSR count). The standard InChI is InChI=1S/C4H9.2C2H5.Al.ClH/c1-4(2)3;2*1-2;;/h4H,1H2,2-3H3;2*1H2,2H3;;1H. The van der Waals surface area contributed by atoms with Crippen LogP contribution in [0.25, 0.3) is 0 Å². The van der Waals surface area contributed by atoms with E-state index in [-0.39, 0.29) is 26.6 Å². The Morgan fingerprint density at radius 2 is 1.50 bits per heavy atom. The smallest absolute Gasteiger partial charge is 0.147 e. The highest BCUT2D eigenvalue weighted by molar-refractivity contribution is 6.58. The summed E-state index contributed by atoms with van der Waals surface area (Å²) in [6.45, 7) is 9.38. The molecule has 0 nitrogen and oxygen atoms in total. The van der Waals surface area contributed by atoms with E-state index in [9.17, 15) is 0 Å². The van der Waals surface area contributed by atoms with Crippen LogP contribution < -0.4 is 0 Å². The van der Waals surface area contributed by atoms with Crippen LogP contribution in [0.3, 0.4) is 0 Å². The fourth-order valence-electron chi connectivity index (χ4n) is 1.29. The summed E-state index contributed by atoms with van der Waals surface area (Å²) >= 11 is -0.250. The second-order valence-electron chi connectivity index (χ2n) is 3.31. The van der Waals surface area contributed by atoms with Crippen molar-refractivity contribution in [1.82, 2.24) is 0 Å². The maximum atomic E-state index is 2.35. The zero-order valence-corrected chi connectivity index (χ0v) is 9.66. The molecule has 0 aliphatic rings. The lowest BCUT2D eigenvalue weighted by Gasteiger charge is -2.08. The van der Waals surface area contributed by atoms with E-state index in [1.807, 2.05) is 0 Å².